The van der Waals surface area contributed by atoms with E-state index in [1.54, 1.807) is 0 Å². The number of rotatable bonds is 4. The van der Waals surface area contributed by atoms with E-state index in [1.165, 1.54) is 13.2 Å². The highest BCUT2D eigenvalue weighted by atomic mass is 32.2. The van der Waals surface area contributed by atoms with Gasteiger partial charge in [0, 0.05) is 6.54 Å². The van der Waals surface area contributed by atoms with E-state index in [0.717, 1.165) is 23.0 Å². The van der Waals surface area contributed by atoms with E-state index >= 15 is 0 Å². The molecule has 1 aliphatic rings. The number of hydroxylamine groups is 1. The first kappa shape index (κ1) is 14.7. The summed E-state index contributed by atoms with van der Waals surface area (Å²) in [6, 6.07) is 3.60. The van der Waals surface area contributed by atoms with Crippen LogP contribution in [0.25, 0.3) is 0 Å². The van der Waals surface area contributed by atoms with Gasteiger partial charge >= 0.3 is 0 Å². The maximum Gasteiger partial charge on any atom is 0.293 e. The van der Waals surface area contributed by atoms with E-state index in [2.05, 4.69) is 0 Å². The van der Waals surface area contributed by atoms with Gasteiger partial charge in [0.05, 0.1) is 24.7 Å². The van der Waals surface area contributed by atoms with Crippen LogP contribution in [0.3, 0.4) is 0 Å². The van der Waals surface area contributed by atoms with Crippen LogP contribution in [0.2, 0.25) is 0 Å². The number of nitrogens with zero attached hydrogens (tertiary/aromatic N) is 2. The van der Waals surface area contributed by atoms with E-state index in [-0.39, 0.29) is 18.9 Å². The molecular weight excluding hydrogens is 288 g/mol. The van der Waals surface area contributed by atoms with Gasteiger partial charge in [0.25, 0.3) is 15.7 Å². The van der Waals surface area contributed by atoms with Crippen LogP contribution < -0.4 is 4.74 Å². The van der Waals surface area contributed by atoms with Crippen molar-refractivity contribution in [3.8, 4) is 5.75 Å². The van der Waals surface area contributed by atoms with E-state index in [9.17, 15) is 18.5 Å². The first-order valence-electron chi connectivity index (χ1n) is 5.95. The number of nitro benzene ring substituents is 1. The standard InChI is InChI=1S/C11H14N2O6S/c1-18-9-4-5-11(10(8-9)13(14)15)20(16,17)12-6-2-3-7-19-12/h4-5,8H,2-3,6-7H2,1H3. The lowest BCUT2D eigenvalue weighted by Gasteiger charge is -2.25. The van der Waals surface area contributed by atoms with E-state index in [0.29, 0.717) is 6.42 Å². The third kappa shape index (κ3) is 2.74. The average Bonchev–Trinajstić information content (AvgIpc) is 2.47. The zero-order chi connectivity index (χ0) is 14.8. The predicted octanol–water partition coefficient (Wildman–Crippen LogP) is 1.32. The summed E-state index contributed by atoms with van der Waals surface area (Å²) in [5, 5.41) is 11.0. The van der Waals surface area contributed by atoms with Gasteiger partial charge in [-0.15, -0.1) is 0 Å². The van der Waals surface area contributed by atoms with Crippen LogP contribution in [0.4, 0.5) is 5.69 Å². The second-order valence-electron chi connectivity index (χ2n) is 4.16. The fraction of sp³-hybridized carbons (Fsp3) is 0.455. The van der Waals surface area contributed by atoms with Crippen molar-refractivity contribution in [2.24, 2.45) is 0 Å². The second kappa shape index (κ2) is 5.73. The summed E-state index contributed by atoms with van der Waals surface area (Å²) in [7, 11) is -2.70. The lowest BCUT2D eigenvalue weighted by Crippen LogP contribution is -2.36. The van der Waals surface area contributed by atoms with Gasteiger partial charge in [-0.1, -0.05) is 4.47 Å². The molecule has 0 aromatic heterocycles. The lowest BCUT2D eigenvalue weighted by atomic mass is 10.3. The van der Waals surface area contributed by atoms with Crippen molar-refractivity contribution < 1.29 is 22.9 Å². The summed E-state index contributed by atoms with van der Waals surface area (Å²) in [6.07, 6.45) is 1.42. The highest BCUT2D eigenvalue weighted by Crippen LogP contribution is 2.31. The third-order valence-electron chi connectivity index (χ3n) is 2.88. The van der Waals surface area contributed by atoms with E-state index in [4.69, 9.17) is 9.57 Å². The Morgan fingerprint density at radius 3 is 2.70 bits per heavy atom. The number of hydrogen-bond acceptors (Lipinski definition) is 6. The van der Waals surface area contributed by atoms with Crippen LogP contribution in [-0.4, -0.2) is 38.1 Å². The molecule has 0 spiro atoms. The first-order valence-corrected chi connectivity index (χ1v) is 7.39. The van der Waals surface area contributed by atoms with Crippen LogP contribution in [0, 0.1) is 10.1 Å². The van der Waals surface area contributed by atoms with Crippen molar-refractivity contribution in [3.05, 3.63) is 28.3 Å². The Morgan fingerprint density at radius 2 is 2.15 bits per heavy atom. The van der Waals surface area contributed by atoms with Crippen molar-refractivity contribution in [2.45, 2.75) is 17.7 Å². The fourth-order valence-electron chi connectivity index (χ4n) is 1.86. The molecule has 1 aromatic rings. The number of benzene rings is 1. The molecule has 0 radical (unpaired) electrons. The number of nitro groups is 1. The molecule has 0 aliphatic carbocycles. The van der Waals surface area contributed by atoms with Crippen molar-refractivity contribution in [2.75, 3.05) is 20.3 Å². The number of methoxy groups -OCH3 is 1. The molecule has 9 heteroatoms. The Kier molecular flexibility index (Phi) is 4.21. The van der Waals surface area contributed by atoms with Gasteiger partial charge < -0.3 is 4.74 Å². The van der Waals surface area contributed by atoms with E-state index < -0.39 is 25.5 Å². The van der Waals surface area contributed by atoms with Gasteiger partial charge in [-0.2, -0.15) is 0 Å². The predicted molar refractivity (Wildman–Crippen MR) is 68.7 cm³/mol. The Morgan fingerprint density at radius 1 is 1.40 bits per heavy atom. The van der Waals surface area contributed by atoms with Gasteiger partial charge in [0.1, 0.15) is 5.75 Å². The average molecular weight is 302 g/mol. The van der Waals surface area contributed by atoms with Gasteiger partial charge in [-0.3, -0.25) is 15.0 Å². The third-order valence-corrected chi connectivity index (χ3v) is 4.60. The summed E-state index contributed by atoms with van der Waals surface area (Å²) in [5.74, 6) is 0.218. The molecule has 8 nitrogen and oxygen atoms in total. The van der Waals surface area contributed by atoms with Crippen molar-refractivity contribution in [1.82, 2.24) is 4.47 Å². The summed E-state index contributed by atoms with van der Waals surface area (Å²) >= 11 is 0. The summed E-state index contributed by atoms with van der Waals surface area (Å²) in [4.78, 5) is 15.0. The quantitative estimate of drug-likeness (QED) is 0.614. The molecule has 0 N–H and O–H groups in total. The molecule has 1 fully saturated rings. The zero-order valence-electron chi connectivity index (χ0n) is 10.8. The van der Waals surface area contributed by atoms with Crippen molar-refractivity contribution >= 4 is 15.7 Å². The molecule has 0 atom stereocenters. The molecular formula is C11H14N2O6S. The summed E-state index contributed by atoms with van der Waals surface area (Å²) in [6.45, 7) is 0.467. The minimum atomic E-state index is -4.05. The summed E-state index contributed by atoms with van der Waals surface area (Å²) in [5.41, 5.74) is -0.529. The smallest absolute Gasteiger partial charge is 0.293 e. The molecule has 2 rings (SSSR count). The second-order valence-corrected chi connectivity index (χ2v) is 5.96. The number of sulfonamides is 1. The summed E-state index contributed by atoms with van der Waals surface area (Å²) < 4.78 is 30.4. The normalized spacial score (nSPS) is 16.9. The van der Waals surface area contributed by atoms with E-state index in [1.807, 2.05) is 0 Å². The zero-order valence-corrected chi connectivity index (χ0v) is 11.6. The Bertz CT molecular complexity index is 609. The molecule has 1 heterocycles. The van der Waals surface area contributed by atoms with Crippen molar-refractivity contribution in [3.63, 3.8) is 0 Å². The van der Waals surface area contributed by atoms with Gasteiger partial charge in [-0.25, -0.2) is 8.42 Å². The van der Waals surface area contributed by atoms with Gasteiger partial charge in [0.2, 0.25) is 0 Å². The van der Waals surface area contributed by atoms with Crippen LogP contribution in [-0.2, 0) is 14.9 Å². The minimum Gasteiger partial charge on any atom is -0.497 e. The topological polar surface area (TPSA) is 99.0 Å². The maximum absolute atomic E-state index is 12.4. The van der Waals surface area contributed by atoms with Crippen LogP contribution >= 0.6 is 0 Å². The fourth-order valence-corrected chi connectivity index (χ4v) is 3.30. The molecule has 1 saturated heterocycles. The van der Waals surface area contributed by atoms with Crippen molar-refractivity contribution in [1.29, 1.82) is 0 Å². The molecule has 110 valence electrons. The Hall–Kier alpha value is -1.71. The monoisotopic (exact) mass is 302 g/mol. The van der Waals surface area contributed by atoms with Gasteiger partial charge in [0.15, 0.2) is 4.90 Å². The number of ether oxygens (including phenoxy) is 1. The Balaban J connectivity index is 2.47. The molecule has 0 bridgehead atoms. The van der Waals surface area contributed by atoms with Crippen LogP contribution in [0.15, 0.2) is 23.1 Å². The van der Waals surface area contributed by atoms with Gasteiger partial charge in [-0.05, 0) is 25.0 Å². The Labute approximate surface area is 116 Å². The molecule has 0 saturated carbocycles. The first-order chi connectivity index (χ1) is 9.46. The minimum absolute atomic E-state index is 0.186. The molecule has 1 aliphatic heterocycles. The van der Waals surface area contributed by atoms with Crippen LogP contribution in [0.1, 0.15) is 12.8 Å². The maximum atomic E-state index is 12.4. The molecule has 0 unspecified atom stereocenters. The molecule has 0 amide bonds. The molecule has 20 heavy (non-hydrogen) atoms. The highest BCUT2D eigenvalue weighted by Gasteiger charge is 2.33. The number of hydrogen-bond donors (Lipinski definition) is 0. The largest absolute Gasteiger partial charge is 0.497 e. The SMILES string of the molecule is COc1ccc(S(=O)(=O)N2CCCCO2)c([N+](=O)[O-])c1. The molecule has 1 aromatic carbocycles. The lowest BCUT2D eigenvalue weighted by molar-refractivity contribution is -0.388. The highest BCUT2D eigenvalue weighted by molar-refractivity contribution is 7.89. The van der Waals surface area contributed by atoms with Crippen LogP contribution in [0.5, 0.6) is 5.75 Å².